The standard InChI is InChI=1S/C15H26N2O/c1-3-12-4-5-13(11-16)15(10-12)17-8-6-14(18-2)7-9-17/h12-15H,3-10H2,1-2H3. The molecule has 1 heterocycles. The van der Waals surface area contributed by atoms with Crippen LogP contribution in [0.3, 0.4) is 0 Å². The summed E-state index contributed by atoms with van der Waals surface area (Å²) < 4.78 is 5.43. The van der Waals surface area contributed by atoms with E-state index in [-0.39, 0.29) is 5.92 Å². The molecule has 3 heteroatoms. The minimum Gasteiger partial charge on any atom is -0.381 e. The second-order valence-corrected chi connectivity index (χ2v) is 5.86. The third kappa shape index (κ3) is 3.05. The van der Waals surface area contributed by atoms with E-state index < -0.39 is 0 Å². The zero-order valence-electron chi connectivity index (χ0n) is 11.8. The smallest absolute Gasteiger partial charge is 0.0672 e. The van der Waals surface area contributed by atoms with E-state index in [1.54, 1.807) is 0 Å². The minimum absolute atomic E-state index is 0.256. The number of nitriles is 1. The molecule has 3 nitrogen and oxygen atoms in total. The first kappa shape index (κ1) is 13.8. The highest BCUT2D eigenvalue weighted by Gasteiger charge is 2.35. The predicted molar refractivity (Wildman–Crippen MR) is 72.1 cm³/mol. The topological polar surface area (TPSA) is 36.3 Å². The maximum atomic E-state index is 9.35. The molecule has 0 radical (unpaired) electrons. The number of hydrogen-bond donors (Lipinski definition) is 0. The highest BCUT2D eigenvalue weighted by Crippen LogP contribution is 2.35. The van der Waals surface area contributed by atoms with Crippen LogP contribution in [0.25, 0.3) is 0 Å². The van der Waals surface area contributed by atoms with Crippen molar-refractivity contribution in [3.8, 4) is 6.07 Å². The lowest BCUT2D eigenvalue weighted by atomic mass is 9.76. The van der Waals surface area contributed by atoms with Crippen molar-refractivity contribution in [2.24, 2.45) is 11.8 Å². The Kier molecular flexibility index (Phi) is 5.03. The van der Waals surface area contributed by atoms with Gasteiger partial charge < -0.3 is 4.74 Å². The molecule has 0 N–H and O–H groups in total. The number of rotatable bonds is 3. The summed E-state index contributed by atoms with van der Waals surface area (Å²) in [5.74, 6) is 1.09. The first-order valence-corrected chi connectivity index (χ1v) is 7.45. The van der Waals surface area contributed by atoms with Crippen molar-refractivity contribution >= 4 is 0 Å². The largest absolute Gasteiger partial charge is 0.381 e. The summed E-state index contributed by atoms with van der Waals surface area (Å²) in [4.78, 5) is 2.56. The van der Waals surface area contributed by atoms with E-state index in [1.165, 1.54) is 19.3 Å². The Morgan fingerprint density at radius 2 is 1.94 bits per heavy atom. The van der Waals surface area contributed by atoms with Gasteiger partial charge in [-0.25, -0.2) is 0 Å². The van der Waals surface area contributed by atoms with Crippen molar-refractivity contribution < 1.29 is 4.74 Å². The van der Waals surface area contributed by atoms with Crippen molar-refractivity contribution in [3.63, 3.8) is 0 Å². The normalized spacial score (nSPS) is 35.3. The number of ether oxygens (including phenoxy) is 1. The van der Waals surface area contributed by atoms with Crippen LogP contribution in [0, 0.1) is 23.2 Å². The molecule has 1 aliphatic heterocycles. The van der Waals surface area contributed by atoms with E-state index in [1.807, 2.05) is 7.11 Å². The van der Waals surface area contributed by atoms with Crippen LogP contribution in [0.1, 0.15) is 45.4 Å². The third-order valence-electron chi connectivity index (χ3n) is 4.95. The Balaban J connectivity index is 1.94. The first-order valence-electron chi connectivity index (χ1n) is 7.45. The molecule has 1 saturated heterocycles. The Morgan fingerprint density at radius 1 is 1.22 bits per heavy atom. The number of likely N-dealkylation sites (tertiary alicyclic amines) is 1. The van der Waals surface area contributed by atoms with Crippen LogP contribution in [0.15, 0.2) is 0 Å². The molecule has 0 bridgehead atoms. The predicted octanol–water partition coefficient (Wildman–Crippen LogP) is 2.82. The summed E-state index contributed by atoms with van der Waals surface area (Å²) in [6, 6.07) is 3.05. The monoisotopic (exact) mass is 250 g/mol. The average Bonchev–Trinajstić information content (AvgIpc) is 2.46. The van der Waals surface area contributed by atoms with Crippen LogP contribution >= 0.6 is 0 Å². The Labute approximate surface area is 111 Å². The Bertz CT molecular complexity index is 291. The number of piperidine rings is 1. The molecule has 3 unspecified atom stereocenters. The van der Waals surface area contributed by atoms with E-state index in [4.69, 9.17) is 4.74 Å². The maximum Gasteiger partial charge on any atom is 0.0672 e. The molecule has 102 valence electrons. The number of hydrogen-bond acceptors (Lipinski definition) is 3. The fraction of sp³-hybridized carbons (Fsp3) is 0.933. The summed E-state index contributed by atoms with van der Waals surface area (Å²) in [7, 11) is 1.81. The molecule has 1 saturated carbocycles. The van der Waals surface area contributed by atoms with E-state index in [0.29, 0.717) is 12.1 Å². The molecule has 0 aromatic carbocycles. The third-order valence-corrected chi connectivity index (χ3v) is 4.95. The van der Waals surface area contributed by atoms with Crippen LogP contribution in [0.2, 0.25) is 0 Å². The van der Waals surface area contributed by atoms with Gasteiger partial charge in [-0.15, -0.1) is 0 Å². The second kappa shape index (κ2) is 6.54. The van der Waals surface area contributed by atoms with Crippen molar-refractivity contribution in [2.45, 2.75) is 57.6 Å². The van der Waals surface area contributed by atoms with Crippen molar-refractivity contribution in [1.29, 1.82) is 5.26 Å². The molecule has 0 amide bonds. The summed E-state index contributed by atoms with van der Waals surface area (Å²) in [5, 5.41) is 9.35. The van der Waals surface area contributed by atoms with Gasteiger partial charge in [0.15, 0.2) is 0 Å². The average molecular weight is 250 g/mol. The van der Waals surface area contributed by atoms with Crippen LogP contribution < -0.4 is 0 Å². The quantitative estimate of drug-likeness (QED) is 0.773. The molecule has 18 heavy (non-hydrogen) atoms. The molecule has 1 aliphatic carbocycles. The Hall–Kier alpha value is -0.590. The zero-order chi connectivity index (χ0) is 13.0. The van der Waals surface area contributed by atoms with Gasteiger partial charge in [0, 0.05) is 26.2 Å². The summed E-state index contributed by atoms with van der Waals surface area (Å²) >= 11 is 0. The van der Waals surface area contributed by atoms with E-state index >= 15 is 0 Å². The zero-order valence-corrected chi connectivity index (χ0v) is 11.8. The summed E-state index contributed by atoms with van der Waals surface area (Å²) in [6.45, 7) is 4.50. The molecular formula is C15H26N2O. The molecular weight excluding hydrogens is 224 g/mol. The summed E-state index contributed by atoms with van der Waals surface area (Å²) in [6.07, 6.45) is 7.54. The van der Waals surface area contributed by atoms with Gasteiger partial charge in [0.05, 0.1) is 18.1 Å². The van der Waals surface area contributed by atoms with E-state index in [0.717, 1.165) is 38.3 Å². The molecule has 0 aromatic heterocycles. The van der Waals surface area contributed by atoms with Crippen molar-refractivity contribution in [2.75, 3.05) is 20.2 Å². The molecule has 2 fully saturated rings. The van der Waals surface area contributed by atoms with Crippen LogP contribution in [0.5, 0.6) is 0 Å². The minimum atomic E-state index is 0.256. The van der Waals surface area contributed by atoms with Crippen LogP contribution in [0.4, 0.5) is 0 Å². The van der Waals surface area contributed by atoms with Gasteiger partial charge >= 0.3 is 0 Å². The van der Waals surface area contributed by atoms with Gasteiger partial charge in [-0.3, -0.25) is 4.90 Å². The van der Waals surface area contributed by atoms with Gasteiger partial charge in [-0.05, 0) is 38.0 Å². The van der Waals surface area contributed by atoms with Gasteiger partial charge in [0.25, 0.3) is 0 Å². The van der Waals surface area contributed by atoms with Gasteiger partial charge in [-0.1, -0.05) is 13.3 Å². The lowest BCUT2D eigenvalue weighted by molar-refractivity contribution is 0.00786. The fourth-order valence-corrected chi connectivity index (χ4v) is 3.60. The molecule has 2 rings (SSSR count). The van der Waals surface area contributed by atoms with Crippen molar-refractivity contribution in [1.82, 2.24) is 4.90 Å². The molecule has 3 atom stereocenters. The Morgan fingerprint density at radius 3 is 2.50 bits per heavy atom. The summed E-state index contributed by atoms with van der Waals surface area (Å²) in [5.41, 5.74) is 0. The molecule has 2 aliphatic rings. The fourth-order valence-electron chi connectivity index (χ4n) is 3.60. The van der Waals surface area contributed by atoms with Crippen molar-refractivity contribution in [3.05, 3.63) is 0 Å². The number of nitrogens with zero attached hydrogens (tertiary/aromatic N) is 2. The van der Waals surface area contributed by atoms with Crippen LogP contribution in [-0.2, 0) is 4.74 Å². The maximum absolute atomic E-state index is 9.35. The highest BCUT2D eigenvalue weighted by molar-refractivity contribution is 4.98. The van der Waals surface area contributed by atoms with Gasteiger partial charge in [-0.2, -0.15) is 5.26 Å². The van der Waals surface area contributed by atoms with Gasteiger partial charge in [0.1, 0.15) is 0 Å². The lowest BCUT2D eigenvalue weighted by Gasteiger charge is -2.43. The first-order chi connectivity index (χ1) is 8.78. The van der Waals surface area contributed by atoms with Gasteiger partial charge in [0.2, 0.25) is 0 Å². The van der Waals surface area contributed by atoms with Crippen LogP contribution in [-0.4, -0.2) is 37.2 Å². The van der Waals surface area contributed by atoms with E-state index in [9.17, 15) is 5.26 Å². The highest BCUT2D eigenvalue weighted by atomic mass is 16.5. The molecule has 0 aromatic rings. The SMILES string of the molecule is CCC1CCC(C#N)C(N2CCC(OC)CC2)C1. The second-order valence-electron chi connectivity index (χ2n) is 5.86. The number of methoxy groups -OCH3 is 1. The molecule has 0 spiro atoms. The lowest BCUT2D eigenvalue weighted by Crippen LogP contribution is -2.48. The van der Waals surface area contributed by atoms with E-state index in [2.05, 4.69) is 17.9 Å².